The third-order valence-electron chi connectivity index (χ3n) is 2.54. The first-order chi connectivity index (χ1) is 8.70. The number of amides is 1. The van der Waals surface area contributed by atoms with Crippen LogP contribution in [-0.2, 0) is 0 Å². The zero-order valence-electron chi connectivity index (χ0n) is 9.71. The fraction of sp³-hybridized carbons (Fsp3) is 0.231. The Hall–Kier alpha value is -1.98. The Morgan fingerprint density at radius 2 is 2.06 bits per heavy atom. The van der Waals surface area contributed by atoms with Crippen LogP contribution in [0, 0.1) is 0 Å². The molecule has 0 bridgehead atoms. The summed E-state index contributed by atoms with van der Waals surface area (Å²) in [5.74, 6) is -0.367. The lowest BCUT2D eigenvalue weighted by Crippen LogP contribution is -2.34. The van der Waals surface area contributed by atoms with E-state index in [-0.39, 0.29) is 19.1 Å². The number of nitrogens with zero attached hydrogens (tertiary/aromatic N) is 1. The van der Waals surface area contributed by atoms with Gasteiger partial charge in [-0.25, -0.2) is 4.98 Å². The number of rotatable bonds is 4. The summed E-state index contributed by atoms with van der Waals surface area (Å²) in [6, 6.07) is 10.9. The van der Waals surface area contributed by atoms with Gasteiger partial charge in [0.25, 0.3) is 5.91 Å². The molecule has 0 saturated carbocycles. The summed E-state index contributed by atoms with van der Waals surface area (Å²) in [4.78, 5) is 16.0. The Kier molecular flexibility index (Phi) is 3.86. The van der Waals surface area contributed by atoms with Gasteiger partial charge < -0.3 is 15.5 Å². The highest BCUT2D eigenvalue weighted by molar-refractivity contribution is 5.94. The lowest BCUT2D eigenvalue weighted by Gasteiger charge is -2.08. The molecule has 0 aliphatic rings. The molecule has 2 rings (SSSR count). The number of pyridine rings is 1. The number of carbonyl (C=O) groups is 1. The van der Waals surface area contributed by atoms with Crippen molar-refractivity contribution in [3.63, 3.8) is 0 Å². The quantitative estimate of drug-likeness (QED) is 0.725. The van der Waals surface area contributed by atoms with Gasteiger partial charge in [-0.3, -0.25) is 4.79 Å². The van der Waals surface area contributed by atoms with Crippen molar-refractivity contribution in [2.24, 2.45) is 0 Å². The number of aliphatic hydroxyl groups is 2. The average Bonchev–Trinajstić information content (AvgIpc) is 2.43. The molecule has 5 nitrogen and oxygen atoms in total. The third kappa shape index (κ3) is 2.82. The number of hydrogen-bond donors (Lipinski definition) is 3. The van der Waals surface area contributed by atoms with E-state index in [9.17, 15) is 4.79 Å². The van der Waals surface area contributed by atoms with Crippen LogP contribution in [0.25, 0.3) is 10.9 Å². The van der Waals surface area contributed by atoms with Gasteiger partial charge in [0.15, 0.2) is 0 Å². The van der Waals surface area contributed by atoms with E-state index in [4.69, 9.17) is 10.2 Å². The molecule has 2 aromatic rings. The van der Waals surface area contributed by atoms with Crippen molar-refractivity contribution in [2.45, 2.75) is 6.10 Å². The SMILES string of the molecule is O=C(NCC(O)CO)c1ccc2ccccc2n1. The monoisotopic (exact) mass is 246 g/mol. The van der Waals surface area contributed by atoms with E-state index in [1.54, 1.807) is 6.07 Å². The minimum absolute atomic E-state index is 0.00381. The van der Waals surface area contributed by atoms with Gasteiger partial charge in [-0.15, -0.1) is 0 Å². The number of nitrogens with one attached hydrogen (secondary N) is 1. The molecule has 1 atom stereocenters. The van der Waals surface area contributed by atoms with Gasteiger partial charge in [0, 0.05) is 11.9 Å². The van der Waals surface area contributed by atoms with E-state index in [0.717, 1.165) is 10.9 Å². The van der Waals surface area contributed by atoms with Crippen LogP contribution in [-0.4, -0.2) is 40.4 Å². The molecule has 1 aromatic carbocycles. The Labute approximate surface area is 104 Å². The summed E-state index contributed by atoms with van der Waals surface area (Å²) < 4.78 is 0. The predicted molar refractivity (Wildman–Crippen MR) is 67.2 cm³/mol. The van der Waals surface area contributed by atoms with Crippen LogP contribution >= 0.6 is 0 Å². The van der Waals surface area contributed by atoms with Gasteiger partial charge in [-0.05, 0) is 12.1 Å². The summed E-state index contributed by atoms with van der Waals surface area (Å²) in [6.45, 7) is -0.380. The minimum atomic E-state index is -0.950. The van der Waals surface area contributed by atoms with Gasteiger partial charge in [0.2, 0.25) is 0 Å². The standard InChI is InChI=1S/C13H14N2O3/c16-8-10(17)7-14-13(18)12-6-5-9-3-1-2-4-11(9)15-12/h1-6,10,16-17H,7-8H2,(H,14,18). The number of aromatic nitrogens is 1. The Bertz CT molecular complexity index is 557. The lowest BCUT2D eigenvalue weighted by atomic mass is 10.2. The first-order valence-corrected chi connectivity index (χ1v) is 5.63. The molecule has 94 valence electrons. The van der Waals surface area contributed by atoms with Gasteiger partial charge >= 0.3 is 0 Å². The first kappa shape index (κ1) is 12.5. The average molecular weight is 246 g/mol. The fourth-order valence-corrected chi connectivity index (χ4v) is 1.56. The topological polar surface area (TPSA) is 82.5 Å². The summed E-state index contributed by atoms with van der Waals surface area (Å²) in [5.41, 5.74) is 1.03. The zero-order chi connectivity index (χ0) is 13.0. The van der Waals surface area contributed by atoms with Crippen molar-refractivity contribution in [3.8, 4) is 0 Å². The first-order valence-electron chi connectivity index (χ1n) is 5.63. The second-order valence-corrected chi connectivity index (χ2v) is 3.94. The van der Waals surface area contributed by atoms with Crippen LogP contribution in [0.2, 0.25) is 0 Å². The molecule has 0 radical (unpaired) electrons. The molecule has 0 fully saturated rings. The maximum Gasteiger partial charge on any atom is 0.269 e. The second-order valence-electron chi connectivity index (χ2n) is 3.94. The van der Waals surface area contributed by atoms with Gasteiger partial charge in [-0.2, -0.15) is 0 Å². The smallest absolute Gasteiger partial charge is 0.269 e. The van der Waals surface area contributed by atoms with E-state index in [1.807, 2.05) is 30.3 Å². The van der Waals surface area contributed by atoms with Crippen LogP contribution in [0.4, 0.5) is 0 Å². The fourth-order valence-electron chi connectivity index (χ4n) is 1.56. The molecule has 1 amide bonds. The molecule has 1 unspecified atom stereocenters. The number of benzene rings is 1. The third-order valence-corrected chi connectivity index (χ3v) is 2.54. The van der Waals surface area contributed by atoms with Gasteiger partial charge in [0.1, 0.15) is 5.69 Å². The number of hydrogen-bond acceptors (Lipinski definition) is 4. The van der Waals surface area contributed by atoms with Gasteiger partial charge in [-0.1, -0.05) is 24.3 Å². The molecule has 1 heterocycles. The van der Waals surface area contributed by atoms with Crippen molar-refractivity contribution < 1.29 is 15.0 Å². The molecule has 18 heavy (non-hydrogen) atoms. The number of fused-ring (bicyclic) bond motifs is 1. The summed E-state index contributed by atoms with van der Waals surface area (Å²) in [5, 5.41) is 21.2. The van der Waals surface area contributed by atoms with Crippen molar-refractivity contribution in [3.05, 3.63) is 42.1 Å². The normalized spacial score (nSPS) is 12.3. The number of para-hydroxylation sites is 1. The van der Waals surface area contributed by atoms with Crippen LogP contribution in [0.3, 0.4) is 0 Å². The van der Waals surface area contributed by atoms with E-state index >= 15 is 0 Å². The summed E-state index contributed by atoms with van der Waals surface area (Å²) >= 11 is 0. The van der Waals surface area contributed by atoms with Crippen molar-refractivity contribution in [1.82, 2.24) is 10.3 Å². The highest BCUT2D eigenvalue weighted by Gasteiger charge is 2.09. The lowest BCUT2D eigenvalue weighted by molar-refractivity contribution is 0.0799. The second kappa shape index (κ2) is 5.57. The molecule has 3 N–H and O–H groups in total. The molecule has 0 spiro atoms. The number of carbonyl (C=O) groups excluding carboxylic acids is 1. The summed E-state index contributed by atoms with van der Waals surface area (Å²) in [6.07, 6.45) is -0.950. The molecule has 1 aromatic heterocycles. The van der Waals surface area contributed by atoms with Crippen LogP contribution in [0.15, 0.2) is 36.4 Å². The number of aliphatic hydroxyl groups excluding tert-OH is 2. The van der Waals surface area contributed by atoms with E-state index in [0.29, 0.717) is 5.69 Å². The van der Waals surface area contributed by atoms with Crippen LogP contribution < -0.4 is 5.32 Å². The van der Waals surface area contributed by atoms with E-state index < -0.39 is 6.10 Å². The molecule has 0 saturated heterocycles. The summed E-state index contributed by atoms with van der Waals surface area (Å²) in [7, 11) is 0. The minimum Gasteiger partial charge on any atom is -0.394 e. The van der Waals surface area contributed by atoms with Crippen LogP contribution in [0.1, 0.15) is 10.5 Å². The Morgan fingerprint density at radius 3 is 2.83 bits per heavy atom. The maximum absolute atomic E-state index is 11.7. The highest BCUT2D eigenvalue weighted by atomic mass is 16.3. The van der Waals surface area contributed by atoms with Gasteiger partial charge in [0.05, 0.1) is 18.2 Å². The van der Waals surface area contributed by atoms with Crippen molar-refractivity contribution in [2.75, 3.05) is 13.2 Å². The Balaban J connectivity index is 2.13. The van der Waals surface area contributed by atoms with Crippen molar-refractivity contribution >= 4 is 16.8 Å². The molecule has 0 aliphatic carbocycles. The molecule has 5 heteroatoms. The largest absolute Gasteiger partial charge is 0.394 e. The Morgan fingerprint density at radius 1 is 1.28 bits per heavy atom. The van der Waals surface area contributed by atoms with Crippen LogP contribution in [0.5, 0.6) is 0 Å². The molecule has 0 aliphatic heterocycles. The highest BCUT2D eigenvalue weighted by Crippen LogP contribution is 2.11. The zero-order valence-corrected chi connectivity index (χ0v) is 9.71. The molecular weight excluding hydrogens is 232 g/mol. The van der Waals surface area contributed by atoms with Crippen molar-refractivity contribution in [1.29, 1.82) is 0 Å². The van der Waals surface area contributed by atoms with E-state index in [1.165, 1.54) is 0 Å². The predicted octanol–water partition coefficient (Wildman–Crippen LogP) is 0.318. The molecular formula is C13H14N2O3. The van der Waals surface area contributed by atoms with E-state index in [2.05, 4.69) is 10.3 Å². The maximum atomic E-state index is 11.7.